The molecule has 0 saturated carbocycles. The number of methoxy groups -OCH3 is 1. The number of fused-ring (bicyclic) bond motifs is 1. The highest BCUT2D eigenvalue weighted by atomic mass is 79.9. The first-order valence-electron chi connectivity index (χ1n) is 6.30. The lowest BCUT2D eigenvalue weighted by Gasteiger charge is -2.11. The number of hydrogen-bond donors (Lipinski definition) is 1. The molecule has 4 heteroatoms. The molecular formula is C16H14BrNOS. The molecule has 1 heterocycles. The Bertz CT molecular complexity index is 738. The van der Waals surface area contributed by atoms with Gasteiger partial charge in [-0.25, -0.2) is 0 Å². The summed E-state index contributed by atoms with van der Waals surface area (Å²) < 4.78 is 7.76. The summed E-state index contributed by atoms with van der Waals surface area (Å²) in [6, 6.07) is 14.6. The molecule has 0 bridgehead atoms. The molecule has 0 radical (unpaired) electrons. The first-order chi connectivity index (χ1) is 9.76. The van der Waals surface area contributed by atoms with Crippen molar-refractivity contribution in [3.63, 3.8) is 0 Å². The Morgan fingerprint density at radius 1 is 1.15 bits per heavy atom. The first kappa shape index (κ1) is 13.5. The molecule has 102 valence electrons. The molecule has 0 atom stereocenters. The minimum atomic E-state index is 0.734. The molecule has 0 aliphatic carbocycles. The van der Waals surface area contributed by atoms with Gasteiger partial charge in [0.15, 0.2) is 0 Å². The monoisotopic (exact) mass is 347 g/mol. The summed E-state index contributed by atoms with van der Waals surface area (Å²) in [4.78, 5) is 0. The van der Waals surface area contributed by atoms with Crippen molar-refractivity contribution in [2.75, 3.05) is 12.4 Å². The van der Waals surface area contributed by atoms with Gasteiger partial charge in [-0.15, -0.1) is 11.3 Å². The highest BCUT2D eigenvalue weighted by molar-refractivity contribution is 9.10. The maximum absolute atomic E-state index is 5.39. The number of anilines is 1. The molecule has 3 aromatic rings. The predicted octanol–water partition coefficient (Wildman–Crippen LogP) is 5.28. The van der Waals surface area contributed by atoms with Gasteiger partial charge in [-0.3, -0.25) is 0 Å². The zero-order valence-corrected chi connectivity index (χ0v) is 13.4. The number of nitrogens with one attached hydrogen (secondary N) is 1. The van der Waals surface area contributed by atoms with E-state index >= 15 is 0 Å². The van der Waals surface area contributed by atoms with E-state index in [1.54, 1.807) is 18.4 Å². The lowest BCUT2D eigenvalue weighted by atomic mass is 10.2. The molecule has 2 nitrogen and oxygen atoms in total. The van der Waals surface area contributed by atoms with Crippen LogP contribution in [0.15, 0.2) is 52.3 Å². The summed E-state index contributed by atoms with van der Waals surface area (Å²) in [5.41, 5.74) is 2.25. The first-order valence-corrected chi connectivity index (χ1v) is 7.97. The summed E-state index contributed by atoms with van der Waals surface area (Å²) in [5.74, 6) is 0.900. The Hall–Kier alpha value is -1.52. The lowest BCUT2D eigenvalue weighted by molar-refractivity contribution is 0.410. The molecule has 0 unspecified atom stereocenters. The molecule has 0 aliphatic heterocycles. The van der Waals surface area contributed by atoms with Gasteiger partial charge < -0.3 is 10.1 Å². The van der Waals surface area contributed by atoms with Crippen LogP contribution in [0.1, 0.15) is 5.56 Å². The molecule has 0 amide bonds. The summed E-state index contributed by atoms with van der Waals surface area (Å²) in [6.07, 6.45) is 0. The molecule has 3 rings (SSSR count). The fraction of sp³-hybridized carbons (Fsp3) is 0.125. The van der Waals surface area contributed by atoms with Crippen LogP contribution in [-0.4, -0.2) is 7.11 Å². The Kier molecular flexibility index (Phi) is 3.94. The Balaban J connectivity index is 1.80. The second-order valence-corrected chi connectivity index (χ2v) is 6.35. The molecule has 0 aliphatic rings. The van der Waals surface area contributed by atoms with Gasteiger partial charge in [0, 0.05) is 27.0 Å². The largest absolute Gasteiger partial charge is 0.496 e. The quantitative estimate of drug-likeness (QED) is 0.692. The van der Waals surface area contributed by atoms with Crippen molar-refractivity contribution >= 4 is 43.0 Å². The van der Waals surface area contributed by atoms with Crippen molar-refractivity contribution in [2.24, 2.45) is 0 Å². The van der Waals surface area contributed by atoms with Crippen LogP contribution in [0.2, 0.25) is 0 Å². The van der Waals surface area contributed by atoms with Crippen LogP contribution in [-0.2, 0) is 6.54 Å². The van der Waals surface area contributed by atoms with E-state index in [2.05, 4.69) is 57.0 Å². The van der Waals surface area contributed by atoms with Gasteiger partial charge in [0.2, 0.25) is 0 Å². The van der Waals surface area contributed by atoms with Crippen molar-refractivity contribution in [1.82, 2.24) is 0 Å². The number of rotatable bonds is 4. The normalized spacial score (nSPS) is 10.7. The zero-order valence-electron chi connectivity index (χ0n) is 11.0. The second kappa shape index (κ2) is 5.85. The van der Waals surface area contributed by atoms with E-state index in [1.165, 1.54) is 10.1 Å². The fourth-order valence-corrected chi connectivity index (χ4v) is 3.34. The molecule has 2 aromatic carbocycles. The van der Waals surface area contributed by atoms with E-state index in [0.29, 0.717) is 0 Å². The Morgan fingerprint density at radius 2 is 2.05 bits per heavy atom. The van der Waals surface area contributed by atoms with Gasteiger partial charge >= 0.3 is 0 Å². The van der Waals surface area contributed by atoms with Crippen LogP contribution in [0, 0.1) is 0 Å². The van der Waals surface area contributed by atoms with Gasteiger partial charge in [0.05, 0.1) is 7.11 Å². The highest BCUT2D eigenvalue weighted by Gasteiger charge is 2.04. The van der Waals surface area contributed by atoms with Gasteiger partial charge in [0.25, 0.3) is 0 Å². The summed E-state index contributed by atoms with van der Waals surface area (Å²) in [5, 5.41) is 6.84. The van der Waals surface area contributed by atoms with Crippen LogP contribution in [0.25, 0.3) is 10.1 Å². The summed E-state index contributed by atoms with van der Waals surface area (Å²) in [6.45, 7) is 0.734. The maximum atomic E-state index is 5.39. The third kappa shape index (κ3) is 2.81. The highest BCUT2D eigenvalue weighted by Crippen LogP contribution is 2.26. The van der Waals surface area contributed by atoms with Crippen molar-refractivity contribution in [3.05, 3.63) is 57.9 Å². The van der Waals surface area contributed by atoms with Crippen molar-refractivity contribution in [1.29, 1.82) is 0 Å². The number of thiophene rings is 1. The van der Waals surface area contributed by atoms with Crippen molar-refractivity contribution in [3.8, 4) is 5.75 Å². The van der Waals surface area contributed by atoms with Crippen LogP contribution < -0.4 is 10.1 Å². The fourth-order valence-electron chi connectivity index (χ4n) is 2.16. The van der Waals surface area contributed by atoms with E-state index < -0.39 is 0 Å². The minimum Gasteiger partial charge on any atom is -0.496 e. The topological polar surface area (TPSA) is 21.3 Å². The molecule has 20 heavy (non-hydrogen) atoms. The average Bonchev–Trinajstić information content (AvgIpc) is 2.92. The SMILES string of the molecule is COc1ccc(Br)cc1CNc1ccc2sccc2c1. The van der Waals surface area contributed by atoms with E-state index in [1.807, 2.05) is 12.1 Å². The average molecular weight is 348 g/mol. The standard InChI is InChI=1S/C16H14BrNOS/c1-19-15-4-2-13(17)8-12(15)10-18-14-3-5-16-11(9-14)6-7-20-16/h2-9,18H,10H2,1H3. The summed E-state index contributed by atoms with van der Waals surface area (Å²) >= 11 is 5.26. The third-order valence-corrected chi connectivity index (χ3v) is 4.57. The maximum Gasteiger partial charge on any atom is 0.123 e. The number of halogens is 1. The van der Waals surface area contributed by atoms with E-state index in [9.17, 15) is 0 Å². The second-order valence-electron chi connectivity index (χ2n) is 4.48. The van der Waals surface area contributed by atoms with Gasteiger partial charge in [-0.2, -0.15) is 0 Å². The number of hydrogen-bond acceptors (Lipinski definition) is 3. The lowest BCUT2D eigenvalue weighted by Crippen LogP contribution is -2.01. The van der Waals surface area contributed by atoms with Gasteiger partial charge in [0.1, 0.15) is 5.75 Å². The van der Waals surface area contributed by atoms with E-state index in [4.69, 9.17) is 4.74 Å². The molecule has 1 N–H and O–H groups in total. The van der Waals surface area contributed by atoms with Crippen molar-refractivity contribution in [2.45, 2.75) is 6.54 Å². The molecule has 0 fully saturated rings. The van der Waals surface area contributed by atoms with Crippen molar-refractivity contribution < 1.29 is 4.74 Å². The predicted molar refractivity (Wildman–Crippen MR) is 89.8 cm³/mol. The zero-order chi connectivity index (χ0) is 13.9. The minimum absolute atomic E-state index is 0.734. The smallest absolute Gasteiger partial charge is 0.123 e. The molecule has 1 aromatic heterocycles. The Labute approximate surface area is 130 Å². The van der Waals surface area contributed by atoms with E-state index in [0.717, 1.165) is 28.0 Å². The van der Waals surface area contributed by atoms with Crippen LogP contribution in [0.3, 0.4) is 0 Å². The van der Waals surface area contributed by atoms with Crippen LogP contribution in [0.5, 0.6) is 5.75 Å². The summed E-state index contributed by atoms with van der Waals surface area (Å²) in [7, 11) is 1.70. The van der Waals surface area contributed by atoms with Gasteiger partial charge in [-0.1, -0.05) is 15.9 Å². The van der Waals surface area contributed by atoms with Gasteiger partial charge in [-0.05, 0) is 53.2 Å². The number of benzene rings is 2. The Morgan fingerprint density at radius 3 is 2.90 bits per heavy atom. The third-order valence-electron chi connectivity index (χ3n) is 3.18. The molecule has 0 spiro atoms. The molecular weight excluding hydrogens is 334 g/mol. The van der Waals surface area contributed by atoms with E-state index in [-0.39, 0.29) is 0 Å². The molecule has 0 saturated heterocycles. The van der Waals surface area contributed by atoms with Crippen LogP contribution >= 0.6 is 27.3 Å². The van der Waals surface area contributed by atoms with Crippen LogP contribution in [0.4, 0.5) is 5.69 Å². The number of ether oxygens (including phenoxy) is 1.